The normalized spacial score (nSPS) is 24.0. The molecule has 0 aliphatic carbocycles. The van der Waals surface area contributed by atoms with Gasteiger partial charge in [-0.1, -0.05) is 0 Å². The summed E-state index contributed by atoms with van der Waals surface area (Å²) in [5.74, 6) is 0.850. The van der Waals surface area contributed by atoms with Crippen LogP contribution in [0.1, 0.15) is 33.1 Å². The Morgan fingerprint density at radius 2 is 1.52 bits per heavy atom. The van der Waals surface area contributed by atoms with Crippen molar-refractivity contribution in [2.45, 2.75) is 39.2 Å². The first kappa shape index (κ1) is 17.5. The molecule has 2 heterocycles. The van der Waals surface area contributed by atoms with E-state index in [2.05, 4.69) is 41.5 Å². The van der Waals surface area contributed by atoms with Crippen molar-refractivity contribution in [2.75, 3.05) is 59.0 Å². The molecule has 0 spiro atoms. The maximum Gasteiger partial charge on any atom is 0.0613 e. The molecule has 2 rings (SSSR count). The molecule has 0 N–H and O–H groups in total. The van der Waals surface area contributed by atoms with Crippen LogP contribution in [0.25, 0.3) is 0 Å². The number of nitrogens with zero attached hydrogens (tertiary/aromatic N) is 3. The Bertz CT molecular complexity index is 275. The summed E-state index contributed by atoms with van der Waals surface area (Å²) in [6, 6.07) is 0.701. The molecule has 0 aromatic carbocycles. The quantitative estimate of drug-likeness (QED) is 0.572. The van der Waals surface area contributed by atoms with Gasteiger partial charge in [-0.05, 0) is 65.0 Å². The highest BCUT2D eigenvalue weighted by Crippen LogP contribution is 2.20. The fourth-order valence-corrected chi connectivity index (χ4v) is 3.61. The molecule has 2 fully saturated rings. The molecule has 0 unspecified atom stereocenters. The standard InChI is InChI=1S/C16H33N3OS/c1-15(2)19-12-10-18(11-13-19)9-8-17-6-3-16(4-7-17)5-14-20-21/h15-16,21H,3-14H2,1-2H3. The Morgan fingerprint density at radius 1 is 0.952 bits per heavy atom. The Morgan fingerprint density at radius 3 is 2.05 bits per heavy atom. The van der Waals surface area contributed by atoms with Crippen LogP contribution >= 0.6 is 12.9 Å². The third-order valence-electron chi connectivity index (χ3n) is 5.19. The van der Waals surface area contributed by atoms with E-state index in [4.69, 9.17) is 4.18 Å². The van der Waals surface area contributed by atoms with Crippen molar-refractivity contribution in [3.05, 3.63) is 0 Å². The minimum absolute atomic E-state index is 0.701. The third kappa shape index (κ3) is 6.06. The lowest BCUT2D eigenvalue weighted by Gasteiger charge is -2.38. The van der Waals surface area contributed by atoms with Crippen molar-refractivity contribution < 1.29 is 4.18 Å². The summed E-state index contributed by atoms with van der Waals surface area (Å²) in [6.45, 7) is 15.4. The van der Waals surface area contributed by atoms with Crippen LogP contribution in [0.4, 0.5) is 0 Å². The summed E-state index contributed by atoms with van der Waals surface area (Å²) in [5.41, 5.74) is 0. The lowest BCUT2D eigenvalue weighted by molar-refractivity contribution is 0.0905. The molecular formula is C16H33N3OS. The molecule has 4 nitrogen and oxygen atoms in total. The monoisotopic (exact) mass is 315 g/mol. The number of hydrogen-bond donors (Lipinski definition) is 1. The van der Waals surface area contributed by atoms with Gasteiger partial charge in [0.05, 0.1) is 6.61 Å². The summed E-state index contributed by atoms with van der Waals surface area (Å²) in [6.07, 6.45) is 3.84. The van der Waals surface area contributed by atoms with Crippen molar-refractivity contribution in [3.63, 3.8) is 0 Å². The van der Waals surface area contributed by atoms with Gasteiger partial charge >= 0.3 is 0 Å². The predicted molar refractivity (Wildman–Crippen MR) is 91.9 cm³/mol. The lowest BCUT2D eigenvalue weighted by Crippen LogP contribution is -2.50. The average molecular weight is 316 g/mol. The maximum atomic E-state index is 4.89. The molecule has 0 saturated carbocycles. The number of rotatable bonds is 7. The topological polar surface area (TPSA) is 19.0 Å². The smallest absolute Gasteiger partial charge is 0.0613 e. The molecule has 124 valence electrons. The van der Waals surface area contributed by atoms with Crippen LogP contribution in [0.15, 0.2) is 0 Å². The fourth-order valence-electron chi connectivity index (χ4n) is 3.50. The van der Waals surface area contributed by atoms with E-state index in [9.17, 15) is 0 Å². The van der Waals surface area contributed by atoms with Gasteiger partial charge in [0.1, 0.15) is 0 Å². The molecule has 0 radical (unpaired) electrons. The summed E-state index contributed by atoms with van der Waals surface area (Å²) in [5, 5.41) is 0. The minimum Gasteiger partial charge on any atom is -0.318 e. The summed E-state index contributed by atoms with van der Waals surface area (Å²) in [4.78, 5) is 7.87. The number of thiol groups is 1. The number of hydrogen-bond acceptors (Lipinski definition) is 5. The van der Waals surface area contributed by atoms with Crippen molar-refractivity contribution >= 4 is 12.9 Å². The van der Waals surface area contributed by atoms with Crippen LogP contribution in [-0.4, -0.2) is 79.7 Å². The summed E-state index contributed by atoms with van der Waals surface area (Å²) < 4.78 is 4.89. The first-order chi connectivity index (χ1) is 10.2. The summed E-state index contributed by atoms with van der Waals surface area (Å²) >= 11 is 3.83. The van der Waals surface area contributed by atoms with E-state index in [0.717, 1.165) is 12.5 Å². The number of piperidine rings is 1. The zero-order chi connectivity index (χ0) is 15.1. The van der Waals surface area contributed by atoms with Crippen LogP contribution in [0.3, 0.4) is 0 Å². The predicted octanol–water partition coefficient (Wildman–Crippen LogP) is 1.98. The van der Waals surface area contributed by atoms with Gasteiger partial charge in [-0.2, -0.15) is 0 Å². The van der Waals surface area contributed by atoms with Crippen LogP contribution in [0, 0.1) is 5.92 Å². The Hall–Kier alpha value is 0.190. The van der Waals surface area contributed by atoms with Gasteiger partial charge in [-0.25, -0.2) is 0 Å². The number of likely N-dealkylation sites (tertiary alicyclic amines) is 1. The Labute approximate surface area is 136 Å². The molecule has 2 saturated heterocycles. The first-order valence-corrected chi connectivity index (χ1v) is 9.00. The van der Waals surface area contributed by atoms with Gasteiger partial charge in [0.2, 0.25) is 0 Å². The number of piperazine rings is 1. The van der Waals surface area contributed by atoms with Crippen LogP contribution in [0.5, 0.6) is 0 Å². The molecule has 0 aromatic rings. The molecular weight excluding hydrogens is 282 g/mol. The second kappa shape index (κ2) is 9.36. The van der Waals surface area contributed by atoms with E-state index in [-0.39, 0.29) is 0 Å². The molecule has 21 heavy (non-hydrogen) atoms. The van der Waals surface area contributed by atoms with E-state index in [1.54, 1.807) is 0 Å². The SMILES string of the molecule is CC(C)N1CCN(CCN2CCC(CCOS)CC2)CC1. The van der Waals surface area contributed by atoms with Crippen molar-refractivity contribution in [2.24, 2.45) is 5.92 Å². The minimum atomic E-state index is 0.701. The second-order valence-corrected chi connectivity index (χ2v) is 7.14. The molecule has 2 aliphatic rings. The second-order valence-electron chi connectivity index (χ2n) is 6.88. The van der Waals surface area contributed by atoms with Crippen LogP contribution in [0.2, 0.25) is 0 Å². The zero-order valence-corrected chi connectivity index (χ0v) is 14.7. The Kier molecular flexibility index (Phi) is 7.82. The van der Waals surface area contributed by atoms with Gasteiger partial charge in [0.25, 0.3) is 0 Å². The van der Waals surface area contributed by atoms with Gasteiger partial charge in [-0.15, -0.1) is 0 Å². The van der Waals surface area contributed by atoms with Gasteiger partial charge in [0.15, 0.2) is 0 Å². The van der Waals surface area contributed by atoms with E-state index >= 15 is 0 Å². The molecule has 2 aliphatic heterocycles. The lowest BCUT2D eigenvalue weighted by atomic mass is 9.94. The largest absolute Gasteiger partial charge is 0.318 e. The van der Waals surface area contributed by atoms with Crippen molar-refractivity contribution in [1.29, 1.82) is 0 Å². The van der Waals surface area contributed by atoms with Gasteiger partial charge < -0.3 is 9.08 Å². The highest BCUT2D eigenvalue weighted by Gasteiger charge is 2.21. The Balaban J connectivity index is 1.56. The third-order valence-corrected chi connectivity index (χ3v) is 5.38. The molecule has 5 heteroatoms. The van der Waals surface area contributed by atoms with Gasteiger partial charge in [-0.3, -0.25) is 9.80 Å². The highest BCUT2D eigenvalue weighted by atomic mass is 32.1. The van der Waals surface area contributed by atoms with E-state index in [1.165, 1.54) is 71.6 Å². The first-order valence-electron chi connectivity index (χ1n) is 8.64. The van der Waals surface area contributed by atoms with Crippen molar-refractivity contribution in [3.8, 4) is 0 Å². The van der Waals surface area contributed by atoms with E-state index < -0.39 is 0 Å². The van der Waals surface area contributed by atoms with E-state index in [1.807, 2.05) is 0 Å². The zero-order valence-electron chi connectivity index (χ0n) is 13.8. The maximum absolute atomic E-state index is 4.89. The summed E-state index contributed by atoms with van der Waals surface area (Å²) in [7, 11) is 0. The molecule has 0 bridgehead atoms. The fraction of sp³-hybridized carbons (Fsp3) is 1.00. The van der Waals surface area contributed by atoms with Crippen LogP contribution in [-0.2, 0) is 4.18 Å². The van der Waals surface area contributed by atoms with Gasteiger partial charge in [0, 0.05) is 45.3 Å². The molecule has 0 aromatic heterocycles. The molecule has 0 amide bonds. The average Bonchev–Trinajstić information content (AvgIpc) is 2.52. The van der Waals surface area contributed by atoms with Crippen molar-refractivity contribution in [1.82, 2.24) is 14.7 Å². The van der Waals surface area contributed by atoms with Crippen LogP contribution < -0.4 is 0 Å². The highest BCUT2D eigenvalue weighted by molar-refractivity contribution is 7.75. The van der Waals surface area contributed by atoms with E-state index in [0.29, 0.717) is 6.04 Å². The molecule has 0 atom stereocenters.